The van der Waals surface area contributed by atoms with E-state index in [-0.39, 0.29) is 5.91 Å². The van der Waals surface area contributed by atoms with Gasteiger partial charge in [-0.15, -0.1) is 0 Å². The molecule has 0 radical (unpaired) electrons. The smallest absolute Gasteiger partial charge is 0.260 e. The van der Waals surface area contributed by atoms with E-state index in [4.69, 9.17) is 5.73 Å². The second kappa shape index (κ2) is 6.96. The van der Waals surface area contributed by atoms with Crippen molar-refractivity contribution < 1.29 is 4.79 Å². The van der Waals surface area contributed by atoms with E-state index in [1.807, 2.05) is 55.5 Å². The lowest BCUT2D eigenvalue weighted by molar-refractivity contribution is 0.0985. The second-order valence-corrected chi connectivity index (χ2v) is 5.71. The molecule has 4 nitrogen and oxygen atoms in total. The van der Waals surface area contributed by atoms with E-state index in [0.29, 0.717) is 17.8 Å². The molecule has 0 saturated carbocycles. The van der Waals surface area contributed by atoms with E-state index in [1.165, 1.54) is 0 Å². The van der Waals surface area contributed by atoms with E-state index < -0.39 is 0 Å². The van der Waals surface area contributed by atoms with Gasteiger partial charge in [0.2, 0.25) is 0 Å². The minimum Gasteiger partial charge on any atom is -0.399 e. The minimum atomic E-state index is -0.0798. The summed E-state index contributed by atoms with van der Waals surface area (Å²) in [6, 6.07) is 19.0. The molecule has 120 valence electrons. The molecule has 1 amide bonds. The topological polar surface area (TPSA) is 59.2 Å². The third-order valence-corrected chi connectivity index (χ3v) is 3.82. The maximum atomic E-state index is 13.0. The van der Waals surface area contributed by atoms with Gasteiger partial charge in [-0.3, -0.25) is 9.78 Å². The normalized spacial score (nSPS) is 10.4. The maximum absolute atomic E-state index is 13.0. The summed E-state index contributed by atoms with van der Waals surface area (Å²) in [5.74, 6) is -0.0798. The summed E-state index contributed by atoms with van der Waals surface area (Å²) in [4.78, 5) is 18.8. The third-order valence-electron chi connectivity index (χ3n) is 3.82. The second-order valence-electron chi connectivity index (χ2n) is 5.71. The quantitative estimate of drug-likeness (QED) is 0.744. The zero-order valence-corrected chi connectivity index (χ0v) is 13.5. The van der Waals surface area contributed by atoms with Crippen LogP contribution in [0.15, 0.2) is 73.1 Å². The molecule has 0 aliphatic rings. The number of pyridine rings is 1. The molecular weight excluding hydrogens is 298 g/mol. The van der Waals surface area contributed by atoms with Gasteiger partial charge >= 0.3 is 0 Å². The van der Waals surface area contributed by atoms with Crippen LogP contribution < -0.4 is 10.6 Å². The lowest BCUT2D eigenvalue weighted by Crippen LogP contribution is -2.30. The molecule has 0 fully saturated rings. The van der Waals surface area contributed by atoms with Crippen molar-refractivity contribution >= 4 is 17.3 Å². The first-order chi connectivity index (χ1) is 11.6. The molecule has 24 heavy (non-hydrogen) atoms. The number of rotatable bonds is 4. The van der Waals surface area contributed by atoms with Gasteiger partial charge in [-0.2, -0.15) is 0 Å². The fourth-order valence-corrected chi connectivity index (χ4v) is 2.46. The Bertz CT molecular complexity index is 812. The highest BCUT2D eigenvalue weighted by atomic mass is 16.2. The van der Waals surface area contributed by atoms with E-state index in [2.05, 4.69) is 4.98 Å². The van der Waals surface area contributed by atoms with Crippen molar-refractivity contribution in [1.82, 2.24) is 4.98 Å². The summed E-state index contributed by atoms with van der Waals surface area (Å²) in [6.07, 6.45) is 3.25. The van der Waals surface area contributed by atoms with E-state index in [1.54, 1.807) is 29.4 Å². The van der Waals surface area contributed by atoms with Crippen LogP contribution in [0.25, 0.3) is 0 Å². The van der Waals surface area contributed by atoms with Crippen molar-refractivity contribution in [3.8, 4) is 0 Å². The Kier molecular flexibility index (Phi) is 4.57. The van der Waals surface area contributed by atoms with E-state index in [9.17, 15) is 4.79 Å². The molecule has 3 rings (SSSR count). The predicted molar refractivity (Wildman–Crippen MR) is 96.8 cm³/mol. The van der Waals surface area contributed by atoms with Crippen LogP contribution >= 0.6 is 0 Å². The molecule has 0 saturated heterocycles. The Labute approximate surface area is 141 Å². The summed E-state index contributed by atoms with van der Waals surface area (Å²) < 4.78 is 0. The van der Waals surface area contributed by atoms with Crippen LogP contribution in [0.1, 0.15) is 21.5 Å². The van der Waals surface area contributed by atoms with Crippen molar-refractivity contribution in [3.05, 3.63) is 89.7 Å². The Morgan fingerprint density at radius 3 is 2.38 bits per heavy atom. The molecule has 1 aromatic heterocycles. The number of hydrogen-bond donors (Lipinski definition) is 1. The highest BCUT2D eigenvalue weighted by Crippen LogP contribution is 2.21. The standard InChI is InChI=1S/C20H19N3O/c1-15-4-10-19(11-5-15)23(14-16-6-8-18(21)9-7-16)20(24)17-3-2-12-22-13-17/h2-13H,14,21H2,1H3. The Balaban J connectivity index is 1.95. The molecule has 2 aromatic carbocycles. The number of carbonyl (C=O) groups is 1. The number of anilines is 2. The van der Waals surface area contributed by atoms with Gasteiger partial charge in [-0.25, -0.2) is 0 Å². The summed E-state index contributed by atoms with van der Waals surface area (Å²) in [6.45, 7) is 2.49. The van der Waals surface area contributed by atoms with E-state index in [0.717, 1.165) is 16.8 Å². The number of nitrogens with zero attached hydrogens (tertiary/aromatic N) is 2. The summed E-state index contributed by atoms with van der Waals surface area (Å²) >= 11 is 0. The predicted octanol–water partition coefficient (Wildman–Crippen LogP) is 3.82. The van der Waals surface area contributed by atoms with Gasteiger partial charge in [0.1, 0.15) is 0 Å². The van der Waals surface area contributed by atoms with Crippen molar-refractivity contribution in [3.63, 3.8) is 0 Å². The first kappa shape index (κ1) is 15.7. The number of aromatic nitrogens is 1. The lowest BCUT2D eigenvalue weighted by atomic mass is 10.1. The molecule has 0 atom stereocenters. The fourth-order valence-electron chi connectivity index (χ4n) is 2.46. The number of aryl methyl sites for hydroxylation is 1. The molecule has 0 bridgehead atoms. The van der Waals surface area contributed by atoms with Gasteiger partial charge in [0, 0.05) is 23.8 Å². The largest absolute Gasteiger partial charge is 0.399 e. The van der Waals surface area contributed by atoms with Crippen LogP contribution in [0.5, 0.6) is 0 Å². The molecule has 2 N–H and O–H groups in total. The number of nitrogen functional groups attached to an aromatic ring is 1. The zero-order valence-electron chi connectivity index (χ0n) is 13.5. The maximum Gasteiger partial charge on any atom is 0.260 e. The first-order valence-corrected chi connectivity index (χ1v) is 7.76. The van der Waals surface area contributed by atoms with Gasteiger partial charge in [0.25, 0.3) is 5.91 Å². The van der Waals surface area contributed by atoms with Crippen molar-refractivity contribution in [2.75, 3.05) is 10.6 Å². The Morgan fingerprint density at radius 2 is 1.75 bits per heavy atom. The van der Waals surface area contributed by atoms with Crippen LogP contribution in [-0.2, 0) is 6.54 Å². The molecule has 0 unspecified atom stereocenters. The van der Waals surface area contributed by atoms with Crippen LogP contribution in [0, 0.1) is 6.92 Å². The van der Waals surface area contributed by atoms with Gasteiger partial charge < -0.3 is 10.6 Å². The van der Waals surface area contributed by atoms with Crippen molar-refractivity contribution in [1.29, 1.82) is 0 Å². The third kappa shape index (κ3) is 3.60. The Hall–Kier alpha value is -3.14. The molecular formula is C20H19N3O. The zero-order chi connectivity index (χ0) is 16.9. The molecule has 0 aliphatic heterocycles. The van der Waals surface area contributed by atoms with Crippen molar-refractivity contribution in [2.45, 2.75) is 13.5 Å². The first-order valence-electron chi connectivity index (χ1n) is 7.76. The lowest BCUT2D eigenvalue weighted by Gasteiger charge is -2.23. The van der Waals surface area contributed by atoms with Crippen LogP contribution in [-0.4, -0.2) is 10.9 Å². The highest BCUT2D eigenvalue weighted by Gasteiger charge is 2.18. The summed E-state index contributed by atoms with van der Waals surface area (Å²) in [7, 11) is 0. The van der Waals surface area contributed by atoms with Gasteiger partial charge in [-0.1, -0.05) is 29.8 Å². The minimum absolute atomic E-state index is 0.0798. The highest BCUT2D eigenvalue weighted by molar-refractivity contribution is 6.05. The Morgan fingerprint density at radius 1 is 1.04 bits per heavy atom. The SMILES string of the molecule is Cc1ccc(N(Cc2ccc(N)cc2)C(=O)c2cccnc2)cc1. The average Bonchev–Trinajstić information content (AvgIpc) is 2.62. The number of amides is 1. The van der Waals surface area contributed by atoms with Gasteiger partial charge in [0.05, 0.1) is 12.1 Å². The van der Waals surface area contributed by atoms with Gasteiger partial charge in [0.15, 0.2) is 0 Å². The van der Waals surface area contributed by atoms with Gasteiger partial charge in [-0.05, 0) is 48.9 Å². The van der Waals surface area contributed by atoms with Crippen LogP contribution in [0.3, 0.4) is 0 Å². The molecule has 3 aromatic rings. The number of hydrogen-bond acceptors (Lipinski definition) is 3. The molecule has 0 aliphatic carbocycles. The summed E-state index contributed by atoms with van der Waals surface area (Å²) in [5, 5.41) is 0. The molecule has 0 spiro atoms. The number of carbonyl (C=O) groups excluding carboxylic acids is 1. The fraction of sp³-hybridized carbons (Fsp3) is 0.100. The monoisotopic (exact) mass is 317 g/mol. The van der Waals surface area contributed by atoms with Crippen LogP contribution in [0.4, 0.5) is 11.4 Å². The van der Waals surface area contributed by atoms with Crippen LogP contribution in [0.2, 0.25) is 0 Å². The van der Waals surface area contributed by atoms with Crippen molar-refractivity contribution in [2.24, 2.45) is 0 Å². The molecule has 1 heterocycles. The number of nitrogens with two attached hydrogens (primary N) is 1. The molecule has 4 heteroatoms. The van der Waals surface area contributed by atoms with E-state index >= 15 is 0 Å². The summed E-state index contributed by atoms with van der Waals surface area (Å²) in [5.41, 5.74) is 10.0. The number of benzene rings is 2. The average molecular weight is 317 g/mol.